The molecule has 0 aliphatic carbocycles. The molecule has 1 fully saturated rings. The first-order valence-corrected chi connectivity index (χ1v) is 3.95. The first-order chi connectivity index (χ1) is 5.57. The maximum absolute atomic E-state index is 9.47. The SMILES string of the molecule is CNC1C(O)C(C)OC(O)C1O. The molecule has 1 rings (SSSR count). The van der Waals surface area contributed by atoms with Crippen molar-refractivity contribution in [2.75, 3.05) is 7.05 Å². The molecular formula is C7H15NO4. The van der Waals surface area contributed by atoms with Gasteiger partial charge in [-0.1, -0.05) is 0 Å². The Hall–Kier alpha value is -0.200. The van der Waals surface area contributed by atoms with Crippen LogP contribution in [0.1, 0.15) is 6.92 Å². The zero-order valence-electron chi connectivity index (χ0n) is 7.14. The lowest BCUT2D eigenvalue weighted by molar-refractivity contribution is -0.251. The lowest BCUT2D eigenvalue weighted by Gasteiger charge is -2.39. The van der Waals surface area contributed by atoms with Crippen molar-refractivity contribution in [3.8, 4) is 0 Å². The van der Waals surface area contributed by atoms with Crippen molar-refractivity contribution < 1.29 is 20.1 Å². The van der Waals surface area contributed by atoms with Gasteiger partial charge in [-0.3, -0.25) is 0 Å². The lowest BCUT2D eigenvalue weighted by Crippen LogP contribution is -2.61. The molecule has 0 radical (unpaired) electrons. The van der Waals surface area contributed by atoms with Crippen LogP contribution in [-0.4, -0.2) is 53.0 Å². The Morgan fingerprint density at radius 1 is 1.17 bits per heavy atom. The Labute approximate surface area is 71.0 Å². The summed E-state index contributed by atoms with van der Waals surface area (Å²) in [6, 6.07) is -0.538. The van der Waals surface area contributed by atoms with Gasteiger partial charge in [-0.15, -0.1) is 0 Å². The van der Waals surface area contributed by atoms with Gasteiger partial charge in [0.15, 0.2) is 6.29 Å². The molecule has 5 nitrogen and oxygen atoms in total. The summed E-state index contributed by atoms with van der Waals surface area (Å²) in [5.74, 6) is 0. The highest BCUT2D eigenvalue weighted by atomic mass is 16.6. The van der Waals surface area contributed by atoms with Crippen molar-refractivity contribution in [2.45, 2.75) is 37.6 Å². The van der Waals surface area contributed by atoms with Crippen molar-refractivity contribution in [3.63, 3.8) is 0 Å². The molecule has 5 heteroatoms. The monoisotopic (exact) mass is 177 g/mol. The van der Waals surface area contributed by atoms with Gasteiger partial charge in [0, 0.05) is 0 Å². The van der Waals surface area contributed by atoms with Gasteiger partial charge < -0.3 is 25.4 Å². The molecule has 0 aromatic rings. The van der Waals surface area contributed by atoms with Gasteiger partial charge >= 0.3 is 0 Å². The number of aliphatic hydroxyl groups excluding tert-OH is 3. The van der Waals surface area contributed by atoms with Crippen molar-refractivity contribution in [1.82, 2.24) is 5.32 Å². The maximum Gasteiger partial charge on any atom is 0.182 e. The molecule has 12 heavy (non-hydrogen) atoms. The number of ether oxygens (including phenoxy) is 1. The van der Waals surface area contributed by atoms with Gasteiger partial charge in [0.2, 0.25) is 0 Å². The molecule has 0 aromatic carbocycles. The molecule has 0 bridgehead atoms. The predicted octanol–water partition coefficient (Wildman–Crippen LogP) is -1.97. The van der Waals surface area contributed by atoms with E-state index in [1.807, 2.05) is 0 Å². The zero-order chi connectivity index (χ0) is 9.30. The van der Waals surface area contributed by atoms with Crippen LogP contribution in [-0.2, 0) is 4.74 Å². The van der Waals surface area contributed by atoms with Crippen LogP contribution in [0.5, 0.6) is 0 Å². The summed E-state index contributed by atoms with van der Waals surface area (Å²) in [5, 5.41) is 30.7. The second-order valence-corrected chi connectivity index (χ2v) is 3.03. The fourth-order valence-electron chi connectivity index (χ4n) is 1.39. The van der Waals surface area contributed by atoms with Gasteiger partial charge in [-0.05, 0) is 14.0 Å². The van der Waals surface area contributed by atoms with Crippen LogP contribution in [0.3, 0.4) is 0 Å². The normalized spacial score (nSPS) is 49.2. The minimum Gasteiger partial charge on any atom is -0.389 e. The van der Waals surface area contributed by atoms with E-state index in [2.05, 4.69) is 5.32 Å². The molecule has 1 aliphatic heterocycles. The van der Waals surface area contributed by atoms with Crippen LogP contribution >= 0.6 is 0 Å². The molecule has 5 atom stereocenters. The Bertz CT molecular complexity index is 140. The van der Waals surface area contributed by atoms with Crippen LogP contribution in [0, 0.1) is 0 Å². The Morgan fingerprint density at radius 2 is 1.75 bits per heavy atom. The summed E-state index contributed by atoms with van der Waals surface area (Å²) in [4.78, 5) is 0. The first-order valence-electron chi connectivity index (χ1n) is 3.95. The molecule has 0 spiro atoms. The van der Waals surface area contributed by atoms with Crippen molar-refractivity contribution >= 4 is 0 Å². The fourth-order valence-corrected chi connectivity index (χ4v) is 1.39. The molecule has 72 valence electrons. The highest BCUT2D eigenvalue weighted by Crippen LogP contribution is 2.18. The second kappa shape index (κ2) is 3.68. The third-order valence-corrected chi connectivity index (χ3v) is 2.20. The van der Waals surface area contributed by atoms with Gasteiger partial charge in [0.25, 0.3) is 0 Å². The van der Waals surface area contributed by atoms with Crippen molar-refractivity contribution in [1.29, 1.82) is 0 Å². The fraction of sp³-hybridized carbons (Fsp3) is 1.00. The van der Waals surface area contributed by atoms with Gasteiger partial charge in [0.1, 0.15) is 6.10 Å². The number of hydrogen-bond donors (Lipinski definition) is 4. The molecule has 4 N–H and O–H groups in total. The average Bonchev–Trinajstić information content (AvgIpc) is 2.02. The minimum atomic E-state index is -1.22. The van der Waals surface area contributed by atoms with Crippen LogP contribution in [0.15, 0.2) is 0 Å². The van der Waals surface area contributed by atoms with E-state index in [0.717, 1.165) is 0 Å². The van der Waals surface area contributed by atoms with Gasteiger partial charge in [-0.2, -0.15) is 0 Å². The van der Waals surface area contributed by atoms with E-state index in [-0.39, 0.29) is 0 Å². The van der Waals surface area contributed by atoms with Gasteiger partial charge in [0.05, 0.1) is 18.2 Å². The zero-order valence-corrected chi connectivity index (χ0v) is 7.14. The third kappa shape index (κ3) is 1.60. The highest BCUT2D eigenvalue weighted by Gasteiger charge is 2.40. The van der Waals surface area contributed by atoms with Crippen LogP contribution in [0.25, 0.3) is 0 Å². The smallest absolute Gasteiger partial charge is 0.182 e. The molecular weight excluding hydrogens is 162 g/mol. The molecule has 0 amide bonds. The summed E-state index contributed by atoms with van der Waals surface area (Å²) in [6.45, 7) is 1.64. The van der Waals surface area contributed by atoms with Gasteiger partial charge in [-0.25, -0.2) is 0 Å². The molecule has 1 heterocycles. The summed E-state index contributed by atoms with van der Waals surface area (Å²) >= 11 is 0. The number of nitrogens with one attached hydrogen (secondary N) is 1. The Morgan fingerprint density at radius 3 is 2.25 bits per heavy atom. The number of rotatable bonds is 1. The standard InChI is InChI=1S/C7H15NO4/c1-3-5(9)4(8-2)6(10)7(11)12-3/h3-11H,1-2H3. The largest absolute Gasteiger partial charge is 0.389 e. The quantitative estimate of drug-likeness (QED) is 0.373. The highest BCUT2D eigenvalue weighted by molar-refractivity contribution is 4.91. The molecule has 1 saturated heterocycles. The molecule has 0 saturated carbocycles. The molecule has 5 unspecified atom stereocenters. The van der Waals surface area contributed by atoms with Crippen LogP contribution in [0.2, 0.25) is 0 Å². The van der Waals surface area contributed by atoms with E-state index >= 15 is 0 Å². The Kier molecular flexibility index (Phi) is 3.03. The number of hydrogen-bond acceptors (Lipinski definition) is 5. The van der Waals surface area contributed by atoms with Crippen LogP contribution in [0.4, 0.5) is 0 Å². The number of likely N-dealkylation sites (N-methyl/N-ethyl adjacent to an activating group) is 1. The van der Waals surface area contributed by atoms with Crippen LogP contribution < -0.4 is 5.32 Å². The first kappa shape index (κ1) is 9.88. The summed E-state index contributed by atoms with van der Waals surface area (Å²) < 4.78 is 4.86. The molecule has 0 aromatic heterocycles. The number of aliphatic hydroxyl groups is 3. The topological polar surface area (TPSA) is 82.0 Å². The average molecular weight is 177 g/mol. The summed E-state index contributed by atoms with van der Waals surface area (Å²) in [5.41, 5.74) is 0. The maximum atomic E-state index is 9.47. The van der Waals surface area contributed by atoms with E-state index < -0.39 is 30.6 Å². The van der Waals surface area contributed by atoms with E-state index in [0.29, 0.717) is 0 Å². The summed E-state index contributed by atoms with van der Waals surface area (Å²) in [7, 11) is 1.61. The third-order valence-electron chi connectivity index (χ3n) is 2.20. The van der Waals surface area contributed by atoms with E-state index in [1.165, 1.54) is 0 Å². The van der Waals surface area contributed by atoms with Crippen molar-refractivity contribution in [2.24, 2.45) is 0 Å². The second-order valence-electron chi connectivity index (χ2n) is 3.03. The van der Waals surface area contributed by atoms with E-state index in [1.54, 1.807) is 14.0 Å². The van der Waals surface area contributed by atoms with E-state index in [4.69, 9.17) is 9.84 Å². The van der Waals surface area contributed by atoms with E-state index in [9.17, 15) is 10.2 Å². The lowest BCUT2D eigenvalue weighted by atomic mass is 9.97. The minimum absolute atomic E-state index is 0.471. The van der Waals surface area contributed by atoms with Crippen molar-refractivity contribution in [3.05, 3.63) is 0 Å². The summed E-state index contributed by atoms with van der Waals surface area (Å²) in [6.07, 6.45) is -3.57. The molecule has 1 aliphatic rings. The Balaban J connectivity index is 2.67. The predicted molar refractivity (Wildman–Crippen MR) is 41.4 cm³/mol.